The normalized spacial score (nSPS) is 23.6. The lowest BCUT2D eigenvalue weighted by atomic mass is 9.73. The van der Waals surface area contributed by atoms with Crippen molar-refractivity contribution in [2.75, 3.05) is 36.0 Å². The van der Waals surface area contributed by atoms with Crippen molar-refractivity contribution in [1.82, 2.24) is 19.9 Å². The smallest absolute Gasteiger partial charge is 0.150 e. The minimum Gasteiger partial charge on any atom is -0.355 e. The Balaban J connectivity index is 0.000000157. The summed E-state index contributed by atoms with van der Waals surface area (Å²) < 4.78 is 0. The van der Waals surface area contributed by atoms with Gasteiger partial charge in [-0.05, 0) is 111 Å². The van der Waals surface area contributed by atoms with Crippen LogP contribution >= 0.6 is 23.5 Å². The Morgan fingerprint density at radius 3 is 1.63 bits per heavy atom. The molecule has 2 aliphatic heterocycles. The molecular formula is C47H64N8S2. The van der Waals surface area contributed by atoms with Crippen molar-refractivity contribution in [2.45, 2.75) is 144 Å². The zero-order valence-corrected chi connectivity index (χ0v) is 35.1. The molecule has 0 amide bonds. The highest BCUT2D eigenvalue weighted by Crippen LogP contribution is 2.52. The molecule has 0 bridgehead atoms. The number of hydrogen-bond acceptors (Lipinski definition) is 10. The minimum atomic E-state index is 0. The van der Waals surface area contributed by atoms with Gasteiger partial charge in [-0.15, -0.1) is 23.5 Å². The molecule has 10 rings (SSSR count). The summed E-state index contributed by atoms with van der Waals surface area (Å²) in [7, 11) is 0. The van der Waals surface area contributed by atoms with Gasteiger partial charge in [-0.3, -0.25) is 0 Å². The second-order valence-electron chi connectivity index (χ2n) is 17.7. The van der Waals surface area contributed by atoms with E-state index in [1.807, 2.05) is 35.9 Å². The molecule has 4 N–H and O–H groups in total. The Morgan fingerprint density at radius 1 is 0.614 bits per heavy atom. The quantitative estimate of drug-likeness (QED) is 0.196. The first-order valence-corrected chi connectivity index (χ1v) is 23.2. The minimum absolute atomic E-state index is 0. The van der Waals surface area contributed by atoms with Crippen molar-refractivity contribution in [3.8, 4) is 0 Å². The standard InChI is InChI=1S/2C23H30N4S.CH4/c1-16-22(25-15-20(26-16)28-18-7-3-4-8-18)27-12-10-23(11-13-27)14-17-6-2-5-9-19(17)21(23)24;1-16-22(28-18-7-3-4-8-18)25-15-20(26-16)27-12-10-23(11-13-27)14-17-6-2-5-9-19(17)21(23)24;/h2*2,5-6,9,15,18,21H,3-4,7-8,10-14,24H2,1H3;1H4/t2*21-;/m11./s1. The fourth-order valence-corrected chi connectivity index (χ4v) is 13.3. The molecule has 4 fully saturated rings. The van der Waals surface area contributed by atoms with Crippen molar-refractivity contribution in [2.24, 2.45) is 22.3 Å². The lowest BCUT2D eigenvalue weighted by Gasteiger charge is -2.42. The maximum Gasteiger partial charge on any atom is 0.150 e. The molecule has 2 spiro atoms. The summed E-state index contributed by atoms with van der Waals surface area (Å²) in [4.78, 5) is 24.3. The third kappa shape index (κ3) is 8.22. The summed E-state index contributed by atoms with van der Waals surface area (Å²) in [6.07, 6.45) is 21.5. The van der Waals surface area contributed by atoms with E-state index in [0.29, 0.717) is 0 Å². The van der Waals surface area contributed by atoms with Crippen LogP contribution in [0.2, 0.25) is 0 Å². The molecule has 10 heteroatoms. The second-order valence-corrected chi connectivity index (χ2v) is 20.3. The number of aryl methyl sites for hydroxylation is 2. The van der Waals surface area contributed by atoms with Crippen molar-refractivity contribution in [3.05, 3.63) is 94.6 Å². The lowest BCUT2D eigenvalue weighted by Crippen LogP contribution is -2.44. The zero-order valence-electron chi connectivity index (χ0n) is 33.5. The van der Waals surface area contributed by atoms with Crippen LogP contribution in [0.15, 0.2) is 71.0 Å². The molecule has 57 heavy (non-hydrogen) atoms. The number of anilines is 2. The average molecular weight is 805 g/mol. The fraction of sp³-hybridized carbons (Fsp3) is 0.574. The van der Waals surface area contributed by atoms with Crippen molar-refractivity contribution < 1.29 is 0 Å². The molecule has 2 aromatic heterocycles. The summed E-state index contributed by atoms with van der Waals surface area (Å²) in [5.74, 6) is 2.10. The van der Waals surface area contributed by atoms with Crippen molar-refractivity contribution in [3.63, 3.8) is 0 Å². The van der Waals surface area contributed by atoms with Crippen LogP contribution in [0.1, 0.15) is 130 Å². The molecule has 4 aliphatic carbocycles. The lowest BCUT2D eigenvalue weighted by molar-refractivity contribution is 0.187. The number of nitrogens with zero attached hydrogens (tertiary/aromatic N) is 6. The molecule has 6 aliphatic rings. The Morgan fingerprint density at radius 2 is 1.12 bits per heavy atom. The number of thioether (sulfide) groups is 2. The number of fused-ring (bicyclic) bond motifs is 2. The van der Waals surface area contributed by atoms with Crippen molar-refractivity contribution in [1.29, 1.82) is 0 Å². The fourth-order valence-electron chi connectivity index (χ4n) is 10.8. The summed E-state index contributed by atoms with van der Waals surface area (Å²) in [6, 6.07) is 17.8. The van der Waals surface area contributed by atoms with Crippen LogP contribution in [0.25, 0.3) is 0 Å². The van der Waals surface area contributed by atoms with Crippen LogP contribution < -0.4 is 21.3 Å². The second kappa shape index (κ2) is 17.2. The predicted octanol–water partition coefficient (Wildman–Crippen LogP) is 9.96. The van der Waals surface area contributed by atoms with Gasteiger partial charge in [0.1, 0.15) is 21.7 Å². The molecule has 2 saturated carbocycles. The number of benzene rings is 2. The number of nitrogens with two attached hydrogens (primary N) is 2. The Kier molecular flexibility index (Phi) is 12.2. The number of aromatic nitrogens is 4. The first kappa shape index (κ1) is 40.6. The van der Waals surface area contributed by atoms with E-state index in [4.69, 9.17) is 31.4 Å². The Hall–Kier alpha value is -3.18. The molecule has 8 nitrogen and oxygen atoms in total. The van der Waals surface area contributed by atoms with E-state index in [1.165, 1.54) is 73.6 Å². The van der Waals surface area contributed by atoms with E-state index < -0.39 is 0 Å². The third-order valence-electron chi connectivity index (χ3n) is 14.3. The SMILES string of the molecule is C.Cc1nc(N2CCC3(CC2)Cc2ccccc2[C@H]3N)cnc1SC1CCCC1.Cc1nc(SC2CCCC2)cnc1N1CCC2(CC1)Cc1ccccc1[C@H]2N. The van der Waals surface area contributed by atoms with Crippen LogP contribution in [0.4, 0.5) is 11.6 Å². The highest BCUT2D eigenvalue weighted by molar-refractivity contribution is 8.00. The molecule has 0 radical (unpaired) electrons. The maximum atomic E-state index is 6.72. The maximum absolute atomic E-state index is 6.72. The molecule has 304 valence electrons. The van der Waals surface area contributed by atoms with Crippen LogP contribution in [0.5, 0.6) is 0 Å². The summed E-state index contributed by atoms with van der Waals surface area (Å²) in [6.45, 7) is 8.31. The van der Waals surface area contributed by atoms with E-state index in [0.717, 1.165) is 108 Å². The van der Waals surface area contributed by atoms with Gasteiger partial charge in [-0.25, -0.2) is 19.9 Å². The van der Waals surface area contributed by atoms with Crippen molar-refractivity contribution >= 4 is 35.2 Å². The number of rotatable bonds is 6. The number of piperidine rings is 2. The van der Waals surface area contributed by atoms with Gasteiger partial charge in [0, 0.05) is 48.8 Å². The largest absolute Gasteiger partial charge is 0.355 e. The Bertz CT molecular complexity index is 1990. The van der Waals surface area contributed by atoms with Crippen LogP contribution in [0.3, 0.4) is 0 Å². The van der Waals surface area contributed by atoms with Gasteiger partial charge in [-0.2, -0.15) is 0 Å². The summed E-state index contributed by atoms with van der Waals surface area (Å²) >= 11 is 3.85. The highest BCUT2D eigenvalue weighted by Gasteiger charge is 2.47. The van der Waals surface area contributed by atoms with Gasteiger partial charge in [0.05, 0.1) is 23.8 Å². The third-order valence-corrected chi connectivity index (χ3v) is 17.0. The van der Waals surface area contributed by atoms with Gasteiger partial charge >= 0.3 is 0 Å². The monoisotopic (exact) mass is 804 g/mol. The predicted molar refractivity (Wildman–Crippen MR) is 238 cm³/mol. The van der Waals surface area contributed by atoms with Gasteiger partial charge in [0.15, 0.2) is 0 Å². The number of hydrogen-bond donors (Lipinski definition) is 2. The van der Waals surface area contributed by atoms with E-state index in [-0.39, 0.29) is 30.3 Å². The summed E-state index contributed by atoms with van der Waals surface area (Å²) in [5, 5.41) is 3.69. The van der Waals surface area contributed by atoms with Gasteiger partial charge in [0.25, 0.3) is 0 Å². The van der Waals surface area contributed by atoms with E-state index in [1.54, 1.807) is 0 Å². The van der Waals surface area contributed by atoms with E-state index in [2.05, 4.69) is 72.2 Å². The van der Waals surface area contributed by atoms with Crippen LogP contribution in [-0.2, 0) is 12.8 Å². The molecule has 4 heterocycles. The average Bonchev–Trinajstić information content (AvgIpc) is 4.03. The molecular weight excluding hydrogens is 741 g/mol. The first-order valence-electron chi connectivity index (χ1n) is 21.5. The molecule has 2 aromatic carbocycles. The van der Waals surface area contributed by atoms with Gasteiger partial charge in [0.2, 0.25) is 0 Å². The Labute approximate surface area is 350 Å². The first-order chi connectivity index (χ1) is 27.3. The van der Waals surface area contributed by atoms with Gasteiger partial charge < -0.3 is 21.3 Å². The van der Waals surface area contributed by atoms with Crippen LogP contribution in [0, 0.1) is 24.7 Å². The molecule has 2 saturated heterocycles. The topological polar surface area (TPSA) is 110 Å². The molecule has 4 aromatic rings. The van der Waals surface area contributed by atoms with Gasteiger partial charge in [-0.1, -0.05) is 81.6 Å². The molecule has 2 atom stereocenters. The highest BCUT2D eigenvalue weighted by atomic mass is 32.2. The van der Waals surface area contributed by atoms with Crippen LogP contribution in [-0.4, -0.2) is 56.6 Å². The summed E-state index contributed by atoms with van der Waals surface area (Å²) in [5.41, 5.74) is 21.7. The molecule has 0 unspecified atom stereocenters. The zero-order chi connectivity index (χ0) is 38.3. The van der Waals surface area contributed by atoms with E-state index >= 15 is 0 Å². The van der Waals surface area contributed by atoms with E-state index in [9.17, 15) is 0 Å².